The van der Waals surface area contributed by atoms with E-state index in [1.165, 1.54) is 0 Å². The van der Waals surface area contributed by atoms with Gasteiger partial charge in [-0.15, -0.1) is 0 Å². The van der Waals surface area contributed by atoms with Crippen LogP contribution in [0.2, 0.25) is 0 Å². The number of hydrogen-bond donors (Lipinski definition) is 2. The molecule has 1 aromatic rings. The second-order valence-corrected chi connectivity index (χ2v) is 6.75. The highest BCUT2D eigenvalue weighted by atomic mass is 16.6. The van der Waals surface area contributed by atoms with Crippen LogP contribution >= 0.6 is 0 Å². The van der Waals surface area contributed by atoms with Crippen LogP contribution in [0.1, 0.15) is 33.6 Å². The molecular formula is C16H26N4O2. The summed E-state index contributed by atoms with van der Waals surface area (Å²) in [5.41, 5.74) is 7.28. The Hall–Kier alpha value is -1.98. The molecule has 0 unspecified atom stereocenters. The monoisotopic (exact) mass is 306 g/mol. The van der Waals surface area contributed by atoms with Gasteiger partial charge in [-0.1, -0.05) is 0 Å². The van der Waals surface area contributed by atoms with Crippen LogP contribution < -0.4 is 16.0 Å². The van der Waals surface area contributed by atoms with E-state index in [4.69, 9.17) is 10.5 Å². The number of alkyl carbamates (subject to hydrolysis) is 1. The van der Waals surface area contributed by atoms with Gasteiger partial charge in [0.2, 0.25) is 0 Å². The van der Waals surface area contributed by atoms with Crippen molar-refractivity contribution in [3.63, 3.8) is 0 Å². The van der Waals surface area contributed by atoms with Crippen molar-refractivity contribution in [1.29, 1.82) is 0 Å². The molecule has 0 radical (unpaired) electrons. The van der Waals surface area contributed by atoms with Crippen LogP contribution in [0, 0.1) is 5.92 Å². The number of nitrogens with two attached hydrogens (primary N) is 1. The van der Waals surface area contributed by atoms with E-state index in [0.29, 0.717) is 18.2 Å². The summed E-state index contributed by atoms with van der Waals surface area (Å²) in [6, 6.07) is 1.95. The maximum atomic E-state index is 11.7. The van der Waals surface area contributed by atoms with Crippen molar-refractivity contribution < 1.29 is 9.53 Å². The van der Waals surface area contributed by atoms with Crippen molar-refractivity contribution in [2.24, 2.45) is 5.92 Å². The average molecular weight is 306 g/mol. The Kier molecular flexibility index (Phi) is 5.11. The molecule has 0 bridgehead atoms. The number of amides is 1. The van der Waals surface area contributed by atoms with E-state index in [1.807, 2.05) is 26.8 Å². The lowest BCUT2D eigenvalue weighted by Gasteiger charge is -2.34. The number of pyridine rings is 1. The van der Waals surface area contributed by atoms with E-state index in [0.717, 1.165) is 31.6 Å². The predicted molar refractivity (Wildman–Crippen MR) is 87.8 cm³/mol. The highest BCUT2D eigenvalue weighted by molar-refractivity contribution is 5.67. The largest absolute Gasteiger partial charge is 0.444 e. The predicted octanol–water partition coefficient (Wildman–Crippen LogP) is 2.40. The van der Waals surface area contributed by atoms with Gasteiger partial charge < -0.3 is 20.7 Å². The van der Waals surface area contributed by atoms with Gasteiger partial charge in [0.25, 0.3) is 0 Å². The van der Waals surface area contributed by atoms with Crippen molar-refractivity contribution in [3.8, 4) is 0 Å². The van der Waals surface area contributed by atoms with Crippen molar-refractivity contribution >= 4 is 17.5 Å². The van der Waals surface area contributed by atoms with Gasteiger partial charge in [0.1, 0.15) is 5.60 Å². The molecule has 0 saturated carbocycles. The standard InChI is InChI=1S/C16H26N4O2/c1-16(2,3)22-15(21)19-10-12-5-8-20(9-6-12)14-4-7-18-11-13(14)17/h4,7,11-12H,5-6,8-10,17H2,1-3H3,(H,19,21). The number of carbonyl (C=O) groups excluding carboxylic acids is 1. The number of aromatic nitrogens is 1. The van der Waals surface area contributed by atoms with Crippen LogP contribution in [0.25, 0.3) is 0 Å². The van der Waals surface area contributed by atoms with Crippen LogP contribution in [-0.2, 0) is 4.74 Å². The molecule has 0 aliphatic carbocycles. The first-order valence-electron chi connectivity index (χ1n) is 7.76. The molecule has 0 spiro atoms. The van der Waals surface area contributed by atoms with Gasteiger partial charge in [-0.3, -0.25) is 4.98 Å². The Balaban J connectivity index is 1.76. The Labute approximate surface area is 132 Å². The van der Waals surface area contributed by atoms with Crippen LogP contribution in [0.4, 0.5) is 16.2 Å². The average Bonchev–Trinajstić information content (AvgIpc) is 2.45. The number of nitrogen functional groups attached to an aromatic ring is 1. The van der Waals surface area contributed by atoms with Crippen LogP contribution in [-0.4, -0.2) is 36.3 Å². The molecular weight excluding hydrogens is 280 g/mol. The summed E-state index contributed by atoms with van der Waals surface area (Å²) < 4.78 is 5.25. The SMILES string of the molecule is CC(C)(C)OC(=O)NCC1CCN(c2ccncc2N)CC1. The molecule has 0 atom stereocenters. The molecule has 122 valence electrons. The van der Waals surface area contributed by atoms with Gasteiger partial charge in [0, 0.05) is 25.8 Å². The third kappa shape index (κ3) is 4.79. The number of hydrogen-bond acceptors (Lipinski definition) is 5. The number of piperidine rings is 1. The van der Waals surface area contributed by atoms with Crippen LogP contribution in [0.3, 0.4) is 0 Å². The van der Waals surface area contributed by atoms with Crippen molar-refractivity contribution in [2.45, 2.75) is 39.2 Å². The molecule has 3 N–H and O–H groups in total. The molecule has 1 aromatic heterocycles. The topological polar surface area (TPSA) is 80.5 Å². The quantitative estimate of drug-likeness (QED) is 0.896. The van der Waals surface area contributed by atoms with Gasteiger partial charge in [0.05, 0.1) is 17.6 Å². The number of nitrogens with zero attached hydrogens (tertiary/aromatic N) is 2. The Morgan fingerprint density at radius 3 is 2.73 bits per heavy atom. The number of carbonyl (C=O) groups is 1. The summed E-state index contributed by atoms with van der Waals surface area (Å²) in [7, 11) is 0. The number of rotatable bonds is 3. The molecule has 2 heterocycles. The Bertz CT molecular complexity index is 505. The summed E-state index contributed by atoms with van der Waals surface area (Å²) in [6.07, 6.45) is 5.16. The lowest BCUT2D eigenvalue weighted by molar-refractivity contribution is 0.0517. The molecule has 1 aliphatic rings. The molecule has 6 heteroatoms. The first-order valence-corrected chi connectivity index (χ1v) is 7.76. The number of ether oxygens (including phenoxy) is 1. The van der Waals surface area contributed by atoms with E-state index >= 15 is 0 Å². The highest BCUT2D eigenvalue weighted by Gasteiger charge is 2.22. The molecule has 1 amide bonds. The van der Waals surface area contributed by atoms with E-state index in [1.54, 1.807) is 12.4 Å². The summed E-state index contributed by atoms with van der Waals surface area (Å²) in [6.45, 7) is 8.14. The smallest absolute Gasteiger partial charge is 0.407 e. The van der Waals surface area contributed by atoms with Gasteiger partial charge in [0.15, 0.2) is 0 Å². The molecule has 1 saturated heterocycles. The van der Waals surface area contributed by atoms with E-state index < -0.39 is 5.60 Å². The van der Waals surface area contributed by atoms with Crippen LogP contribution in [0.5, 0.6) is 0 Å². The van der Waals surface area contributed by atoms with E-state index in [2.05, 4.69) is 15.2 Å². The zero-order chi connectivity index (χ0) is 16.2. The fraction of sp³-hybridized carbons (Fsp3) is 0.625. The lowest BCUT2D eigenvalue weighted by atomic mass is 9.96. The molecule has 0 aromatic carbocycles. The number of nitrogens with one attached hydrogen (secondary N) is 1. The normalized spacial score (nSPS) is 16.4. The molecule has 1 aliphatic heterocycles. The highest BCUT2D eigenvalue weighted by Crippen LogP contribution is 2.26. The third-order valence-corrected chi connectivity index (χ3v) is 3.72. The second kappa shape index (κ2) is 6.85. The molecule has 22 heavy (non-hydrogen) atoms. The summed E-state index contributed by atoms with van der Waals surface area (Å²) in [4.78, 5) is 18.0. The van der Waals surface area contributed by atoms with Crippen molar-refractivity contribution in [2.75, 3.05) is 30.3 Å². The third-order valence-electron chi connectivity index (χ3n) is 3.72. The first-order chi connectivity index (χ1) is 10.3. The summed E-state index contributed by atoms with van der Waals surface area (Å²) >= 11 is 0. The van der Waals surface area contributed by atoms with Crippen LogP contribution in [0.15, 0.2) is 18.5 Å². The minimum Gasteiger partial charge on any atom is -0.444 e. The molecule has 2 rings (SSSR count). The zero-order valence-electron chi connectivity index (χ0n) is 13.6. The minimum atomic E-state index is -0.452. The Morgan fingerprint density at radius 2 is 2.14 bits per heavy atom. The molecule has 1 fully saturated rings. The maximum absolute atomic E-state index is 11.7. The van der Waals surface area contributed by atoms with Crippen molar-refractivity contribution in [3.05, 3.63) is 18.5 Å². The van der Waals surface area contributed by atoms with Gasteiger partial charge in [-0.2, -0.15) is 0 Å². The fourth-order valence-electron chi connectivity index (χ4n) is 2.61. The zero-order valence-corrected chi connectivity index (χ0v) is 13.6. The van der Waals surface area contributed by atoms with E-state index in [9.17, 15) is 4.79 Å². The van der Waals surface area contributed by atoms with Gasteiger partial charge in [-0.25, -0.2) is 4.79 Å². The van der Waals surface area contributed by atoms with Crippen molar-refractivity contribution in [1.82, 2.24) is 10.3 Å². The number of anilines is 2. The second-order valence-electron chi connectivity index (χ2n) is 6.75. The Morgan fingerprint density at radius 1 is 1.45 bits per heavy atom. The molecule has 6 nitrogen and oxygen atoms in total. The minimum absolute atomic E-state index is 0.340. The summed E-state index contributed by atoms with van der Waals surface area (Å²) in [5.74, 6) is 0.479. The fourth-order valence-corrected chi connectivity index (χ4v) is 2.61. The van der Waals surface area contributed by atoms with Gasteiger partial charge >= 0.3 is 6.09 Å². The van der Waals surface area contributed by atoms with E-state index in [-0.39, 0.29) is 6.09 Å². The maximum Gasteiger partial charge on any atom is 0.407 e. The lowest BCUT2D eigenvalue weighted by Crippen LogP contribution is -2.40. The van der Waals surface area contributed by atoms with Gasteiger partial charge in [-0.05, 0) is 45.6 Å². The summed E-state index contributed by atoms with van der Waals surface area (Å²) in [5, 5.41) is 2.86. The first kappa shape index (κ1) is 16.4.